The Morgan fingerprint density at radius 2 is 1.78 bits per heavy atom. The zero-order valence-electron chi connectivity index (χ0n) is 20.8. The van der Waals surface area contributed by atoms with Crippen molar-refractivity contribution in [2.24, 2.45) is 0 Å². The van der Waals surface area contributed by atoms with E-state index in [1.54, 1.807) is 31.4 Å². The number of fused-ring (bicyclic) bond motifs is 1. The first kappa shape index (κ1) is 25.6. The molecule has 0 aliphatic rings. The number of carbonyl (C=O) groups excluding carboxylic acids is 1. The SMILES string of the molecule is COc1ccc(C(=O)NCCCCCc2nc3ccccc3n2CCOc2ccc(Cl)c(C)c2)cc1. The van der Waals surface area contributed by atoms with Gasteiger partial charge < -0.3 is 19.4 Å². The summed E-state index contributed by atoms with van der Waals surface area (Å²) in [7, 11) is 1.61. The summed E-state index contributed by atoms with van der Waals surface area (Å²) in [6.07, 6.45) is 3.80. The Bertz CT molecular complexity index is 1300. The number of unbranched alkanes of at least 4 members (excludes halogenated alkanes) is 2. The normalized spacial score (nSPS) is 11.0. The summed E-state index contributed by atoms with van der Waals surface area (Å²) in [6.45, 7) is 3.89. The van der Waals surface area contributed by atoms with E-state index in [4.69, 9.17) is 26.1 Å². The largest absolute Gasteiger partial charge is 0.497 e. The predicted octanol–water partition coefficient (Wildman–Crippen LogP) is 6.23. The summed E-state index contributed by atoms with van der Waals surface area (Å²) >= 11 is 6.12. The Morgan fingerprint density at radius 1 is 1.00 bits per heavy atom. The molecule has 4 aromatic rings. The van der Waals surface area contributed by atoms with Gasteiger partial charge in [-0.15, -0.1) is 0 Å². The second kappa shape index (κ2) is 12.5. The summed E-state index contributed by atoms with van der Waals surface area (Å²) in [5.41, 5.74) is 3.76. The van der Waals surface area contributed by atoms with Crippen LogP contribution in [0.25, 0.3) is 11.0 Å². The van der Waals surface area contributed by atoms with Gasteiger partial charge in [-0.25, -0.2) is 4.98 Å². The number of nitrogens with zero attached hydrogens (tertiary/aromatic N) is 2. The van der Waals surface area contributed by atoms with Crippen molar-refractivity contribution >= 4 is 28.5 Å². The highest BCUT2D eigenvalue weighted by Gasteiger charge is 2.11. The van der Waals surface area contributed by atoms with Crippen molar-refractivity contribution in [2.45, 2.75) is 39.2 Å². The van der Waals surface area contributed by atoms with E-state index in [0.717, 1.165) is 71.2 Å². The van der Waals surface area contributed by atoms with Gasteiger partial charge >= 0.3 is 0 Å². The second-order valence-corrected chi connectivity index (χ2v) is 9.13. The van der Waals surface area contributed by atoms with Gasteiger partial charge in [-0.2, -0.15) is 0 Å². The monoisotopic (exact) mass is 505 g/mol. The molecule has 0 saturated heterocycles. The number of aryl methyl sites for hydroxylation is 2. The van der Waals surface area contributed by atoms with Crippen LogP contribution >= 0.6 is 11.6 Å². The number of methoxy groups -OCH3 is 1. The van der Waals surface area contributed by atoms with E-state index in [1.165, 1.54) is 0 Å². The van der Waals surface area contributed by atoms with Crippen molar-refractivity contribution in [3.05, 3.63) is 88.7 Å². The number of ether oxygens (including phenoxy) is 2. The van der Waals surface area contributed by atoms with Crippen LogP contribution in [0.2, 0.25) is 5.02 Å². The highest BCUT2D eigenvalue weighted by Crippen LogP contribution is 2.22. The van der Waals surface area contributed by atoms with Crippen LogP contribution in [-0.4, -0.2) is 35.7 Å². The fourth-order valence-electron chi connectivity index (χ4n) is 4.16. The number of amides is 1. The molecule has 1 amide bonds. The zero-order valence-corrected chi connectivity index (χ0v) is 21.6. The van der Waals surface area contributed by atoms with Crippen LogP contribution in [0.4, 0.5) is 0 Å². The Labute approximate surface area is 217 Å². The van der Waals surface area contributed by atoms with E-state index >= 15 is 0 Å². The fraction of sp³-hybridized carbons (Fsp3) is 0.310. The van der Waals surface area contributed by atoms with Crippen molar-refractivity contribution in [2.75, 3.05) is 20.3 Å². The third kappa shape index (κ3) is 6.58. The van der Waals surface area contributed by atoms with Gasteiger partial charge in [-0.1, -0.05) is 30.2 Å². The lowest BCUT2D eigenvalue weighted by Gasteiger charge is -2.12. The van der Waals surface area contributed by atoms with Crippen LogP contribution in [0.15, 0.2) is 66.7 Å². The fourth-order valence-corrected chi connectivity index (χ4v) is 4.28. The maximum Gasteiger partial charge on any atom is 0.251 e. The average molecular weight is 506 g/mol. The zero-order chi connectivity index (χ0) is 25.3. The van der Waals surface area contributed by atoms with Gasteiger partial charge in [0.2, 0.25) is 0 Å². The lowest BCUT2D eigenvalue weighted by atomic mass is 10.1. The van der Waals surface area contributed by atoms with Crippen molar-refractivity contribution < 1.29 is 14.3 Å². The molecule has 0 aliphatic carbocycles. The van der Waals surface area contributed by atoms with E-state index in [9.17, 15) is 4.79 Å². The van der Waals surface area contributed by atoms with Gasteiger partial charge in [-0.05, 0) is 79.9 Å². The van der Waals surface area contributed by atoms with Crippen molar-refractivity contribution in [3.63, 3.8) is 0 Å². The number of aromatic nitrogens is 2. The predicted molar refractivity (Wildman–Crippen MR) is 144 cm³/mol. The lowest BCUT2D eigenvalue weighted by Crippen LogP contribution is -2.24. The number of benzene rings is 3. The Hall–Kier alpha value is -3.51. The Morgan fingerprint density at radius 3 is 2.56 bits per heavy atom. The van der Waals surface area contributed by atoms with Gasteiger partial charge in [0.1, 0.15) is 23.9 Å². The maximum atomic E-state index is 12.3. The summed E-state index contributed by atoms with van der Waals surface area (Å²) in [6, 6.07) is 21.1. The highest BCUT2D eigenvalue weighted by atomic mass is 35.5. The van der Waals surface area contributed by atoms with Crippen molar-refractivity contribution in [1.29, 1.82) is 0 Å². The van der Waals surface area contributed by atoms with Crippen LogP contribution in [-0.2, 0) is 13.0 Å². The molecule has 0 aliphatic heterocycles. The Balaban J connectivity index is 1.26. The molecule has 0 saturated carbocycles. The molecule has 4 rings (SSSR count). The van der Waals surface area contributed by atoms with E-state index in [1.807, 2.05) is 43.3 Å². The first-order valence-electron chi connectivity index (χ1n) is 12.3. The second-order valence-electron chi connectivity index (χ2n) is 8.72. The molecule has 3 aromatic carbocycles. The van der Waals surface area contributed by atoms with Gasteiger partial charge in [-0.3, -0.25) is 4.79 Å². The maximum absolute atomic E-state index is 12.3. The van der Waals surface area contributed by atoms with Gasteiger partial charge in [0.15, 0.2) is 0 Å². The average Bonchev–Trinajstić information content (AvgIpc) is 3.25. The van der Waals surface area contributed by atoms with Crippen LogP contribution in [0, 0.1) is 6.92 Å². The molecule has 0 atom stereocenters. The lowest BCUT2D eigenvalue weighted by molar-refractivity contribution is 0.0953. The molecule has 36 heavy (non-hydrogen) atoms. The topological polar surface area (TPSA) is 65.4 Å². The molecule has 1 heterocycles. The number of hydrogen-bond acceptors (Lipinski definition) is 4. The first-order chi connectivity index (χ1) is 17.5. The number of imidazole rings is 1. The van der Waals surface area contributed by atoms with E-state index in [0.29, 0.717) is 18.7 Å². The molecule has 0 radical (unpaired) electrons. The molecule has 188 valence electrons. The smallest absolute Gasteiger partial charge is 0.251 e. The summed E-state index contributed by atoms with van der Waals surface area (Å²) in [5.74, 6) is 2.56. The van der Waals surface area contributed by atoms with E-state index in [-0.39, 0.29) is 5.91 Å². The minimum Gasteiger partial charge on any atom is -0.497 e. The molecule has 6 nitrogen and oxygen atoms in total. The van der Waals surface area contributed by atoms with Gasteiger partial charge in [0.25, 0.3) is 5.91 Å². The summed E-state index contributed by atoms with van der Waals surface area (Å²) in [4.78, 5) is 17.2. The minimum absolute atomic E-state index is 0.0599. The van der Waals surface area contributed by atoms with Crippen LogP contribution in [0.3, 0.4) is 0 Å². The van der Waals surface area contributed by atoms with E-state index in [2.05, 4.69) is 16.0 Å². The molecular formula is C29H32ClN3O3. The standard InChI is InChI=1S/C29H32ClN3O3/c1-21-20-24(15-16-25(21)30)36-19-18-33-27-9-6-5-8-26(27)32-28(33)10-4-3-7-17-31-29(34)22-11-13-23(35-2)14-12-22/h5-6,8-9,11-16,20H,3-4,7,10,17-19H2,1-2H3,(H,31,34). The quantitative estimate of drug-likeness (QED) is 0.232. The van der Waals surface area contributed by atoms with Crippen LogP contribution < -0.4 is 14.8 Å². The molecule has 0 unspecified atom stereocenters. The van der Waals surface area contributed by atoms with Crippen LogP contribution in [0.5, 0.6) is 11.5 Å². The summed E-state index contributed by atoms with van der Waals surface area (Å²) < 4.78 is 13.4. The number of carbonyl (C=O) groups is 1. The number of halogens is 1. The molecule has 1 aromatic heterocycles. The highest BCUT2D eigenvalue weighted by molar-refractivity contribution is 6.31. The van der Waals surface area contributed by atoms with Gasteiger partial charge in [0.05, 0.1) is 24.7 Å². The Kier molecular flexibility index (Phi) is 8.85. The number of rotatable bonds is 12. The van der Waals surface area contributed by atoms with Crippen LogP contribution in [0.1, 0.15) is 41.0 Å². The van der Waals surface area contributed by atoms with E-state index < -0.39 is 0 Å². The number of nitrogens with one attached hydrogen (secondary N) is 1. The van der Waals surface area contributed by atoms with Gasteiger partial charge in [0, 0.05) is 23.6 Å². The molecule has 7 heteroatoms. The van der Waals surface area contributed by atoms with Crippen molar-refractivity contribution in [3.8, 4) is 11.5 Å². The summed E-state index contributed by atoms with van der Waals surface area (Å²) in [5, 5.41) is 3.73. The number of para-hydroxylation sites is 2. The number of hydrogen-bond donors (Lipinski definition) is 1. The third-order valence-corrected chi connectivity index (χ3v) is 6.59. The molecule has 0 bridgehead atoms. The first-order valence-corrected chi connectivity index (χ1v) is 12.7. The minimum atomic E-state index is -0.0599. The molecule has 0 spiro atoms. The third-order valence-electron chi connectivity index (χ3n) is 6.16. The molecule has 0 fully saturated rings. The molecule has 1 N–H and O–H groups in total. The van der Waals surface area contributed by atoms with Crippen molar-refractivity contribution in [1.82, 2.24) is 14.9 Å². The molecular weight excluding hydrogens is 474 g/mol.